The summed E-state index contributed by atoms with van der Waals surface area (Å²) in [4.78, 5) is 11.2. The number of halogens is 3. The van der Waals surface area contributed by atoms with Crippen LogP contribution in [0, 0.1) is 6.92 Å². The Balaban J connectivity index is 2.39. The van der Waals surface area contributed by atoms with Gasteiger partial charge in [-0.2, -0.15) is 4.98 Å². The normalized spacial score (nSPS) is 11.6. The molecule has 2 rings (SSSR count). The van der Waals surface area contributed by atoms with Crippen molar-refractivity contribution in [2.45, 2.75) is 11.1 Å². The number of rotatable bonds is 3. The molecule has 0 aromatic carbocycles. The minimum Gasteiger partial charge on any atom is -0.262 e. The number of hydrogen-bond donors (Lipinski definition) is 1. The summed E-state index contributed by atoms with van der Waals surface area (Å²) in [6.45, 7) is 1.54. The fourth-order valence-corrected chi connectivity index (χ4v) is 4.37. The summed E-state index contributed by atoms with van der Waals surface area (Å²) in [5.41, 5.74) is 0.300. The summed E-state index contributed by atoms with van der Waals surface area (Å²) in [6.07, 6.45) is 0. The van der Waals surface area contributed by atoms with Crippen LogP contribution in [-0.2, 0) is 10.0 Å². The molecule has 0 aliphatic heterocycles. The first-order chi connectivity index (χ1) is 8.78. The Hall–Kier alpha value is -0.670. The Morgan fingerprint density at radius 2 is 1.89 bits per heavy atom. The molecule has 0 spiro atoms. The average Bonchev–Trinajstić information content (AvgIpc) is 2.56. The summed E-state index contributed by atoms with van der Waals surface area (Å²) in [7, 11) is -3.84. The van der Waals surface area contributed by atoms with Crippen LogP contribution in [0.3, 0.4) is 0 Å². The molecule has 11 heteroatoms. The fraction of sp³-hybridized carbons (Fsp3) is 0.125. The highest BCUT2D eigenvalue weighted by Crippen LogP contribution is 2.28. The largest absolute Gasteiger partial charge is 0.274 e. The van der Waals surface area contributed by atoms with Gasteiger partial charge < -0.3 is 0 Å². The average molecular weight is 360 g/mol. The van der Waals surface area contributed by atoms with E-state index in [1.807, 2.05) is 0 Å². The van der Waals surface area contributed by atoms with Crippen LogP contribution >= 0.6 is 46.1 Å². The SMILES string of the molecule is Cc1nc(Cl)sc1S(=O)(=O)Nc1cc(Cl)nc(Cl)n1. The number of hydrogen-bond acceptors (Lipinski definition) is 6. The lowest BCUT2D eigenvalue weighted by Gasteiger charge is -2.06. The maximum Gasteiger partial charge on any atom is 0.274 e. The third-order valence-corrected chi connectivity index (χ3v) is 5.47. The maximum atomic E-state index is 12.1. The van der Waals surface area contributed by atoms with Gasteiger partial charge in [-0.1, -0.05) is 34.5 Å². The summed E-state index contributed by atoms with van der Waals surface area (Å²) in [5, 5.41) is -0.138. The van der Waals surface area contributed by atoms with E-state index in [-0.39, 0.29) is 24.9 Å². The van der Waals surface area contributed by atoms with E-state index in [9.17, 15) is 8.42 Å². The Bertz CT molecular complexity index is 711. The van der Waals surface area contributed by atoms with E-state index >= 15 is 0 Å². The second-order valence-electron chi connectivity index (χ2n) is 3.29. The summed E-state index contributed by atoms with van der Waals surface area (Å²) >= 11 is 17.8. The summed E-state index contributed by atoms with van der Waals surface area (Å²) in [6, 6.07) is 1.24. The van der Waals surface area contributed by atoms with Crippen LogP contribution in [0.1, 0.15) is 5.69 Å². The van der Waals surface area contributed by atoms with Crippen molar-refractivity contribution in [3.05, 3.63) is 26.7 Å². The zero-order valence-corrected chi connectivity index (χ0v) is 13.1. The predicted octanol–water partition coefficient (Wildman–Crippen LogP) is 3.00. The molecule has 6 nitrogen and oxygen atoms in total. The molecule has 2 heterocycles. The topological polar surface area (TPSA) is 84.8 Å². The third kappa shape index (κ3) is 3.46. The molecule has 0 saturated carbocycles. The Kier molecular flexibility index (Phi) is 4.17. The molecule has 0 atom stereocenters. The van der Waals surface area contributed by atoms with Gasteiger partial charge in [0.25, 0.3) is 10.0 Å². The van der Waals surface area contributed by atoms with Crippen molar-refractivity contribution in [3.63, 3.8) is 0 Å². The van der Waals surface area contributed by atoms with Crippen molar-refractivity contribution in [3.8, 4) is 0 Å². The molecule has 1 N–H and O–H groups in total. The Morgan fingerprint density at radius 1 is 1.21 bits per heavy atom. The first-order valence-corrected chi connectivity index (χ1v) is 8.07. The van der Waals surface area contributed by atoms with Gasteiger partial charge >= 0.3 is 0 Å². The molecule has 0 aliphatic carbocycles. The van der Waals surface area contributed by atoms with Gasteiger partial charge in [-0.25, -0.2) is 18.4 Å². The molecule has 0 bridgehead atoms. The fourth-order valence-electron chi connectivity index (χ4n) is 1.23. The minimum absolute atomic E-state index is 0.00311. The molecule has 0 unspecified atom stereocenters. The van der Waals surface area contributed by atoms with Gasteiger partial charge in [-0.15, -0.1) is 0 Å². The van der Waals surface area contributed by atoms with Crippen LogP contribution in [0.15, 0.2) is 10.3 Å². The second-order valence-corrected chi connectivity index (χ2v) is 7.47. The van der Waals surface area contributed by atoms with Crippen LogP contribution in [-0.4, -0.2) is 23.4 Å². The molecule has 2 aromatic rings. The van der Waals surface area contributed by atoms with Crippen LogP contribution in [0.4, 0.5) is 5.82 Å². The highest BCUT2D eigenvalue weighted by molar-refractivity contribution is 7.94. The van der Waals surface area contributed by atoms with Gasteiger partial charge in [0, 0.05) is 6.07 Å². The van der Waals surface area contributed by atoms with Gasteiger partial charge in [0.2, 0.25) is 5.28 Å². The van der Waals surface area contributed by atoms with Crippen LogP contribution in [0.25, 0.3) is 0 Å². The van der Waals surface area contributed by atoms with E-state index in [0.29, 0.717) is 5.69 Å². The quantitative estimate of drug-likeness (QED) is 0.672. The van der Waals surface area contributed by atoms with Gasteiger partial charge in [-0.3, -0.25) is 4.72 Å². The molecule has 0 radical (unpaired) electrons. The van der Waals surface area contributed by atoms with Gasteiger partial charge in [0.1, 0.15) is 11.0 Å². The first kappa shape index (κ1) is 14.7. The Morgan fingerprint density at radius 3 is 2.42 bits per heavy atom. The number of sulfonamides is 1. The van der Waals surface area contributed by atoms with Crippen molar-refractivity contribution < 1.29 is 8.42 Å². The van der Waals surface area contributed by atoms with E-state index in [1.165, 1.54) is 13.0 Å². The number of aryl methyl sites for hydroxylation is 1. The van der Waals surface area contributed by atoms with Crippen LogP contribution in [0.5, 0.6) is 0 Å². The van der Waals surface area contributed by atoms with Crippen LogP contribution < -0.4 is 4.72 Å². The molecule has 0 saturated heterocycles. The molecule has 0 fully saturated rings. The lowest BCUT2D eigenvalue weighted by molar-refractivity contribution is 0.602. The second kappa shape index (κ2) is 5.37. The number of nitrogens with zero attached hydrogens (tertiary/aromatic N) is 3. The van der Waals surface area contributed by atoms with Gasteiger partial charge in [-0.05, 0) is 18.5 Å². The summed E-state index contributed by atoms with van der Waals surface area (Å²) in [5.74, 6) is -0.0334. The lowest BCUT2D eigenvalue weighted by atomic mass is 10.6. The minimum atomic E-state index is -3.84. The zero-order chi connectivity index (χ0) is 14.2. The number of nitrogens with one attached hydrogen (secondary N) is 1. The van der Waals surface area contributed by atoms with Crippen LogP contribution in [0.2, 0.25) is 14.9 Å². The molecule has 102 valence electrons. The van der Waals surface area contributed by atoms with E-state index in [1.54, 1.807) is 0 Å². The first-order valence-electron chi connectivity index (χ1n) is 4.64. The van der Waals surface area contributed by atoms with E-state index in [2.05, 4.69) is 19.7 Å². The van der Waals surface area contributed by atoms with Crippen molar-refractivity contribution >= 4 is 62.0 Å². The Labute approximate surface area is 127 Å². The summed E-state index contributed by atoms with van der Waals surface area (Å²) < 4.78 is 26.6. The molecule has 0 aliphatic rings. The number of aromatic nitrogens is 3. The standard InChI is InChI=1S/C8H5Cl3N4O2S2/c1-3-6(18-8(11)12-3)19(16,17)15-5-2-4(9)13-7(10)14-5/h2H,1H3,(H,13,14,15). The van der Waals surface area contributed by atoms with E-state index in [0.717, 1.165) is 11.3 Å². The van der Waals surface area contributed by atoms with E-state index < -0.39 is 10.0 Å². The lowest BCUT2D eigenvalue weighted by Crippen LogP contribution is -2.14. The van der Waals surface area contributed by atoms with Crippen molar-refractivity contribution in [1.82, 2.24) is 15.0 Å². The number of anilines is 1. The predicted molar refractivity (Wildman–Crippen MR) is 74.7 cm³/mol. The third-order valence-electron chi connectivity index (χ3n) is 1.88. The molecule has 19 heavy (non-hydrogen) atoms. The van der Waals surface area contributed by atoms with Crippen molar-refractivity contribution in [1.29, 1.82) is 0 Å². The molecular weight excluding hydrogens is 355 g/mol. The van der Waals surface area contributed by atoms with E-state index in [4.69, 9.17) is 34.8 Å². The highest BCUT2D eigenvalue weighted by Gasteiger charge is 2.22. The van der Waals surface area contributed by atoms with Gasteiger partial charge in [0.05, 0.1) is 5.69 Å². The molecular formula is C8H5Cl3N4O2S2. The maximum absolute atomic E-state index is 12.1. The highest BCUT2D eigenvalue weighted by atomic mass is 35.5. The monoisotopic (exact) mass is 358 g/mol. The molecule has 0 amide bonds. The zero-order valence-electron chi connectivity index (χ0n) is 9.19. The number of thiazole rings is 1. The smallest absolute Gasteiger partial charge is 0.262 e. The van der Waals surface area contributed by atoms with Crippen molar-refractivity contribution in [2.75, 3.05) is 4.72 Å². The van der Waals surface area contributed by atoms with Gasteiger partial charge in [0.15, 0.2) is 8.68 Å². The molecule has 2 aromatic heterocycles. The van der Waals surface area contributed by atoms with Crippen molar-refractivity contribution in [2.24, 2.45) is 0 Å².